The van der Waals surface area contributed by atoms with Crippen molar-refractivity contribution in [3.05, 3.63) is 35.4 Å². The number of nitrogens with one attached hydrogen (secondary N) is 1. The van der Waals surface area contributed by atoms with Crippen LogP contribution in [0, 0.1) is 0 Å². The van der Waals surface area contributed by atoms with Crippen LogP contribution in [-0.2, 0) is 12.7 Å². The van der Waals surface area contributed by atoms with Crippen LogP contribution in [0.25, 0.3) is 0 Å². The Morgan fingerprint density at radius 2 is 2.15 bits per heavy atom. The molecule has 0 aromatic heterocycles. The molecule has 1 aromatic rings. The molecule has 1 N–H and O–H groups in total. The van der Waals surface area contributed by atoms with Crippen molar-refractivity contribution < 1.29 is 13.2 Å². The molecule has 1 fully saturated rings. The summed E-state index contributed by atoms with van der Waals surface area (Å²) in [5.74, 6) is 0. The van der Waals surface area contributed by atoms with E-state index in [-0.39, 0.29) is 0 Å². The van der Waals surface area contributed by atoms with Crippen molar-refractivity contribution in [3.63, 3.8) is 0 Å². The molecule has 1 atom stereocenters. The molecule has 2 nitrogen and oxygen atoms in total. The minimum Gasteiger partial charge on any atom is -0.311 e. The first-order chi connectivity index (χ1) is 9.49. The highest BCUT2D eigenvalue weighted by Crippen LogP contribution is 2.29. The van der Waals surface area contributed by atoms with Gasteiger partial charge in [0, 0.05) is 32.2 Å². The summed E-state index contributed by atoms with van der Waals surface area (Å²) >= 11 is 0. The summed E-state index contributed by atoms with van der Waals surface area (Å²) in [5.41, 5.74) is 0.173. The minimum absolute atomic E-state index is 0.458. The molecule has 1 aliphatic rings. The van der Waals surface area contributed by atoms with Crippen molar-refractivity contribution >= 4 is 0 Å². The topological polar surface area (TPSA) is 15.3 Å². The molecule has 0 saturated carbocycles. The van der Waals surface area contributed by atoms with Gasteiger partial charge in [0.2, 0.25) is 0 Å². The van der Waals surface area contributed by atoms with Crippen molar-refractivity contribution in [1.82, 2.24) is 10.2 Å². The number of hydrogen-bond acceptors (Lipinski definition) is 2. The molecule has 0 bridgehead atoms. The Kier molecular flexibility index (Phi) is 5.05. The first kappa shape index (κ1) is 15.3. The largest absolute Gasteiger partial charge is 0.416 e. The lowest BCUT2D eigenvalue weighted by molar-refractivity contribution is -0.137. The fraction of sp³-hybridized carbons (Fsp3) is 0.600. The number of nitrogens with zero attached hydrogens (tertiary/aromatic N) is 1. The van der Waals surface area contributed by atoms with E-state index in [4.69, 9.17) is 0 Å². The quantitative estimate of drug-likeness (QED) is 0.914. The van der Waals surface area contributed by atoms with Gasteiger partial charge in [0.25, 0.3) is 0 Å². The van der Waals surface area contributed by atoms with Gasteiger partial charge in [-0.2, -0.15) is 13.2 Å². The summed E-state index contributed by atoms with van der Waals surface area (Å²) in [4.78, 5) is 2.23. The highest BCUT2D eigenvalue weighted by atomic mass is 19.4. The summed E-state index contributed by atoms with van der Waals surface area (Å²) in [5, 5.41) is 3.45. The molecule has 1 aliphatic heterocycles. The lowest BCUT2D eigenvalue weighted by atomic mass is 10.1. The predicted octanol–water partition coefficient (Wildman–Crippen LogP) is 3.28. The van der Waals surface area contributed by atoms with Gasteiger partial charge in [0.1, 0.15) is 0 Å². The Balaban J connectivity index is 1.99. The molecule has 112 valence electrons. The SMILES string of the molecule is CCCC1CN(Cc2cccc(C(F)(F)F)c2)CCN1. The predicted molar refractivity (Wildman–Crippen MR) is 73.4 cm³/mol. The molecule has 5 heteroatoms. The van der Waals surface area contributed by atoms with Crippen molar-refractivity contribution in [3.8, 4) is 0 Å². The molecule has 2 rings (SSSR count). The zero-order valence-electron chi connectivity index (χ0n) is 11.7. The molecule has 1 saturated heterocycles. The van der Waals surface area contributed by atoms with E-state index in [1.54, 1.807) is 6.07 Å². The van der Waals surface area contributed by atoms with E-state index in [0.29, 0.717) is 12.6 Å². The van der Waals surface area contributed by atoms with Crippen LogP contribution in [-0.4, -0.2) is 30.6 Å². The van der Waals surface area contributed by atoms with Crippen LogP contribution >= 0.6 is 0 Å². The van der Waals surface area contributed by atoms with Crippen molar-refractivity contribution in [2.45, 2.75) is 38.5 Å². The third kappa shape index (κ3) is 4.21. The molecule has 20 heavy (non-hydrogen) atoms. The van der Waals surface area contributed by atoms with Gasteiger partial charge in [-0.25, -0.2) is 0 Å². The lowest BCUT2D eigenvalue weighted by Gasteiger charge is -2.33. The summed E-state index contributed by atoms with van der Waals surface area (Å²) in [7, 11) is 0. The monoisotopic (exact) mass is 286 g/mol. The summed E-state index contributed by atoms with van der Waals surface area (Å²) in [6.07, 6.45) is -2.03. The van der Waals surface area contributed by atoms with Crippen LogP contribution in [0.2, 0.25) is 0 Å². The first-order valence-corrected chi connectivity index (χ1v) is 7.11. The van der Waals surface area contributed by atoms with Crippen molar-refractivity contribution in [1.29, 1.82) is 0 Å². The highest BCUT2D eigenvalue weighted by molar-refractivity contribution is 5.25. The van der Waals surface area contributed by atoms with Crippen LogP contribution in [0.4, 0.5) is 13.2 Å². The Morgan fingerprint density at radius 3 is 2.85 bits per heavy atom. The first-order valence-electron chi connectivity index (χ1n) is 7.11. The Morgan fingerprint density at radius 1 is 1.35 bits per heavy atom. The van der Waals surface area contributed by atoms with Crippen molar-refractivity contribution in [2.75, 3.05) is 19.6 Å². The second-order valence-electron chi connectivity index (χ2n) is 5.37. The van der Waals surface area contributed by atoms with Gasteiger partial charge < -0.3 is 5.32 Å². The Bertz CT molecular complexity index is 429. The van der Waals surface area contributed by atoms with Crippen LogP contribution in [0.5, 0.6) is 0 Å². The van der Waals surface area contributed by atoms with Gasteiger partial charge in [-0.1, -0.05) is 31.5 Å². The Labute approximate surface area is 118 Å². The van der Waals surface area contributed by atoms with Crippen LogP contribution in [0.15, 0.2) is 24.3 Å². The van der Waals surface area contributed by atoms with E-state index in [9.17, 15) is 13.2 Å². The zero-order chi connectivity index (χ0) is 14.6. The number of hydrogen-bond donors (Lipinski definition) is 1. The summed E-state index contributed by atoms with van der Waals surface area (Å²) in [6.45, 7) is 5.43. The van der Waals surface area contributed by atoms with Crippen LogP contribution in [0.3, 0.4) is 0 Å². The van der Waals surface area contributed by atoms with E-state index < -0.39 is 11.7 Å². The van der Waals surface area contributed by atoms with Crippen molar-refractivity contribution in [2.24, 2.45) is 0 Å². The number of rotatable bonds is 4. The molecular weight excluding hydrogens is 265 g/mol. The molecule has 1 aromatic carbocycles. The molecule has 1 unspecified atom stereocenters. The summed E-state index contributed by atoms with van der Waals surface area (Å²) in [6, 6.07) is 6.10. The molecular formula is C15H21F3N2. The van der Waals surface area contributed by atoms with Gasteiger partial charge in [-0.3, -0.25) is 4.90 Å². The van der Waals surface area contributed by atoms with E-state index in [2.05, 4.69) is 17.1 Å². The Hall–Kier alpha value is -1.07. The maximum Gasteiger partial charge on any atom is 0.416 e. The van der Waals surface area contributed by atoms with Crippen LogP contribution in [0.1, 0.15) is 30.9 Å². The maximum absolute atomic E-state index is 12.7. The van der Waals surface area contributed by atoms with E-state index in [0.717, 1.165) is 44.1 Å². The van der Waals surface area contributed by atoms with E-state index >= 15 is 0 Å². The van der Waals surface area contributed by atoms with Gasteiger partial charge in [-0.15, -0.1) is 0 Å². The second kappa shape index (κ2) is 6.59. The molecule has 0 spiro atoms. The lowest BCUT2D eigenvalue weighted by Crippen LogP contribution is -2.50. The number of benzene rings is 1. The zero-order valence-corrected chi connectivity index (χ0v) is 11.7. The molecule has 0 radical (unpaired) electrons. The molecule has 0 aliphatic carbocycles. The molecule has 0 amide bonds. The minimum atomic E-state index is -4.26. The van der Waals surface area contributed by atoms with E-state index in [1.165, 1.54) is 12.1 Å². The number of piperazine rings is 1. The molecule has 1 heterocycles. The summed E-state index contributed by atoms with van der Waals surface area (Å²) < 4.78 is 38.1. The smallest absolute Gasteiger partial charge is 0.311 e. The van der Waals surface area contributed by atoms with Gasteiger partial charge in [0.05, 0.1) is 5.56 Å². The second-order valence-corrected chi connectivity index (χ2v) is 5.37. The fourth-order valence-corrected chi connectivity index (χ4v) is 2.68. The maximum atomic E-state index is 12.7. The van der Waals surface area contributed by atoms with Gasteiger partial charge >= 0.3 is 6.18 Å². The van der Waals surface area contributed by atoms with Gasteiger partial charge in [0.15, 0.2) is 0 Å². The third-order valence-corrected chi connectivity index (χ3v) is 3.64. The standard InChI is InChI=1S/C15H21F3N2/c1-2-4-14-11-20(8-7-19-14)10-12-5-3-6-13(9-12)15(16,17)18/h3,5-6,9,14,19H,2,4,7-8,10-11H2,1H3. The fourth-order valence-electron chi connectivity index (χ4n) is 2.68. The van der Waals surface area contributed by atoms with E-state index in [1.807, 2.05) is 0 Å². The van der Waals surface area contributed by atoms with Gasteiger partial charge in [-0.05, 0) is 18.1 Å². The normalized spacial score (nSPS) is 21.1. The number of halogens is 3. The number of alkyl halides is 3. The third-order valence-electron chi connectivity index (χ3n) is 3.64. The van der Waals surface area contributed by atoms with Crippen LogP contribution < -0.4 is 5.32 Å². The average Bonchev–Trinajstić information content (AvgIpc) is 2.39. The highest BCUT2D eigenvalue weighted by Gasteiger charge is 2.30. The average molecular weight is 286 g/mol.